The summed E-state index contributed by atoms with van der Waals surface area (Å²) in [5, 5.41) is 3.11. The number of carbonyl (C=O) groups is 2. The van der Waals surface area contributed by atoms with Crippen LogP contribution in [-0.4, -0.2) is 42.5 Å². The number of rotatable bonds is 5. The highest BCUT2D eigenvalue weighted by molar-refractivity contribution is 5.98. The Bertz CT molecular complexity index is 1060. The van der Waals surface area contributed by atoms with Gasteiger partial charge in [-0.1, -0.05) is 6.08 Å². The van der Waals surface area contributed by atoms with E-state index in [9.17, 15) is 9.59 Å². The molecule has 2 aromatic rings. The first-order valence-electron chi connectivity index (χ1n) is 9.02. The molecule has 2 amide bonds. The van der Waals surface area contributed by atoms with Crippen LogP contribution in [0.5, 0.6) is 5.75 Å². The van der Waals surface area contributed by atoms with E-state index in [2.05, 4.69) is 15.3 Å². The van der Waals surface area contributed by atoms with E-state index in [0.29, 0.717) is 47.4 Å². The Kier molecular flexibility index (Phi) is 4.63. The Morgan fingerprint density at radius 2 is 2.14 bits per heavy atom. The lowest BCUT2D eigenvalue weighted by molar-refractivity contribution is -0.118. The molecule has 1 aliphatic carbocycles. The van der Waals surface area contributed by atoms with Gasteiger partial charge in [-0.3, -0.25) is 9.59 Å². The number of benzene rings is 1. The average Bonchev–Trinajstić information content (AvgIpc) is 2.79. The molecule has 1 aromatic carbocycles. The Hall–Kier alpha value is -3.88. The predicted molar refractivity (Wildman–Crippen MR) is 109 cm³/mol. The maximum atomic E-state index is 12.3. The monoisotopic (exact) mass is 392 g/mol. The van der Waals surface area contributed by atoms with E-state index in [1.54, 1.807) is 36.3 Å². The normalized spacial score (nSPS) is 15.2. The number of anilines is 4. The van der Waals surface area contributed by atoms with Crippen LogP contribution in [0.4, 0.5) is 23.1 Å². The van der Waals surface area contributed by atoms with Gasteiger partial charge in [0, 0.05) is 31.3 Å². The van der Waals surface area contributed by atoms with Crippen molar-refractivity contribution in [1.82, 2.24) is 9.97 Å². The molecule has 0 atom stereocenters. The van der Waals surface area contributed by atoms with E-state index < -0.39 is 5.91 Å². The molecule has 9 nitrogen and oxygen atoms in total. The number of hydrogen-bond acceptors (Lipinski definition) is 7. The summed E-state index contributed by atoms with van der Waals surface area (Å²) >= 11 is 0. The van der Waals surface area contributed by atoms with Gasteiger partial charge in [0.15, 0.2) is 5.82 Å². The molecule has 0 spiro atoms. The highest BCUT2D eigenvalue weighted by Crippen LogP contribution is 2.35. The van der Waals surface area contributed by atoms with Gasteiger partial charge in [-0.05, 0) is 30.4 Å². The second-order valence-electron chi connectivity index (χ2n) is 6.61. The van der Waals surface area contributed by atoms with Gasteiger partial charge in [0.25, 0.3) is 0 Å². The summed E-state index contributed by atoms with van der Waals surface area (Å²) in [6.45, 7) is 0.527. The van der Waals surface area contributed by atoms with Gasteiger partial charge >= 0.3 is 0 Å². The van der Waals surface area contributed by atoms with Crippen LogP contribution in [0.3, 0.4) is 0 Å². The first-order chi connectivity index (χ1) is 14.0. The molecule has 0 fully saturated rings. The quantitative estimate of drug-likeness (QED) is 0.799. The molecule has 0 saturated heterocycles. The van der Waals surface area contributed by atoms with Gasteiger partial charge in [-0.2, -0.15) is 4.98 Å². The van der Waals surface area contributed by atoms with Crippen molar-refractivity contribution < 1.29 is 14.3 Å². The standard InChI is InChI=1S/C20H20N6O3/c1-25-15-11-22-20(23-14-7-6-12(18(21)28)10-16(14)29-2)24-19(15)26(9-8-17(25)27)13-4-3-5-13/h3-7,10-11H,8-9H2,1-2H3,(H2,21,28)(H,22,23,24). The number of fused-ring (bicyclic) bond motifs is 1. The maximum absolute atomic E-state index is 12.3. The van der Waals surface area contributed by atoms with Crippen LogP contribution in [0, 0.1) is 0 Å². The zero-order valence-corrected chi connectivity index (χ0v) is 16.0. The Balaban J connectivity index is 1.71. The zero-order chi connectivity index (χ0) is 20.5. The molecule has 1 aromatic heterocycles. The van der Waals surface area contributed by atoms with Crippen molar-refractivity contribution in [2.45, 2.75) is 6.42 Å². The number of carbonyl (C=O) groups excluding carboxylic acids is 2. The Labute approximate surface area is 167 Å². The molecular formula is C20H20N6O3. The number of methoxy groups -OCH3 is 1. The summed E-state index contributed by atoms with van der Waals surface area (Å²) in [7, 11) is 3.22. The molecule has 1 aliphatic heterocycles. The van der Waals surface area contributed by atoms with Crippen molar-refractivity contribution in [3.63, 3.8) is 0 Å². The van der Waals surface area contributed by atoms with Crippen molar-refractivity contribution in [2.75, 3.05) is 35.8 Å². The molecule has 0 radical (unpaired) electrons. The van der Waals surface area contributed by atoms with Crippen LogP contribution in [0.2, 0.25) is 0 Å². The molecule has 2 aliphatic rings. The van der Waals surface area contributed by atoms with Crippen molar-refractivity contribution in [3.8, 4) is 5.75 Å². The zero-order valence-electron chi connectivity index (χ0n) is 16.0. The third-order valence-electron chi connectivity index (χ3n) is 4.87. The minimum Gasteiger partial charge on any atom is -0.495 e. The van der Waals surface area contributed by atoms with E-state index in [1.165, 1.54) is 7.11 Å². The van der Waals surface area contributed by atoms with Crippen molar-refractivity contribution in [1.29, 1.82) is 0 Å². The topological polar surface area (TPSA) is 114 Å². The molecule has 148 valence electrons. The average molecular weight is 392 g/mol. The first-order valence-corrected chi connectivity index (χ1v) is 9.02. The predicted octanol–water partition coefficient (Wildman–Crippen LogP) is 1.95. The van der Waals surface area contributed by atoms with E-state index in [4.69, 9.17) is 10.5 Å². The summed E-state index contributed by atoms with van der Waals surface area (Å²) < 4.78 is 5.35. The summed E-state index contributed by atoms with van der Waals surface area (Å²) in [6.07, 6.45) is 7.88. The number of amides is 2. The van der Waals surface area contributed by atoms with Gasteiger partial charge in [0.2, 0.25) is 17.8 Å². The smallest absolute Gasteiger partial charge is 0.248 e. The summed E-state index contributed by atoms with van der Waals surface area (Å²) in [5.74, 6) is 0.880. The molecule has 0 saturated carbocycles. The summed E-state index contributed by atoms with van der Waals surface area (Å²) in [4.78, 5) is 36.3. The fourth-order valence-electron chi connectivity index (χ4n) is 3.16. The number of allylic oxidation sites excluding steroid dienone is 3. The minimum absolute atomic E-state index is 0.00525. The lowest BCUT2D eigenvalue weighted by atomic mass is 10.2. The lowest BCUT2D eigenvalue weighted by Gasteiger charge is -2.27. The van der Waals surface area contributed by atoms with E-state index in [0.717, 1.165) is 5.70 Å². The Morgan fingerprint density at radius 1 is 1.34 bits per heavy atom. The van der Waals surface area contributed by atoms with Crippen LogP contribution in [0.1, 0.15) is 16.8 Å². The van der Waals surface area contributed by atoms with Crippen LogP contribution < -0.4 is 25.6 Å². The van der Waals surface area contributed by atoms with Crippen molar-refractivity contribution in [2.24, 2.45) is 5.73 Å². The van der Waals surface area contributed by atoms with Gasteiger partial charge in [0.1, 0.15) is 11.4 Å². The molecule has 2 heterocycles. The van der Waals surface area contributed by atoms with Gasteiger partial charge in [-0.15, -0.1) is 0 Å². The second kappa shape index (κ2) is 7.27. The number of nitrogens with two attached hydrogens (primary N) is 1. The molecule has 0 bridgehead atoms. The molecule has 4 rings (SSSR count). The van der Waals surface area contributed by atoms with Gasteiger partial charge in [-0.25, -0.2) is 4.98 Å². The fraction of sp³-hybridized carbons (Fsp3) is 0.200. The largest absolute Gasteiger partial charge is 0.495 e. The number of hydrogen-bond donors (Lipinski definition) is 2. The molecule has 0 unspecified atom stereocenters. The lowest BCUT2D eigenvalue weighted by Crippen LogP contribution is -2.26. The molecule has 9 heteroatoms. The maximum Gasteiger partial charge on any atom is 0.248 e. The van der Waals surface area contributed by atoms with Crippen LogP contribution in [0.25, 0.3) is 0 Å². The summed E-state index contributed by atoms with van der Waals surface area (Å²) in [5.41, 5.74) is 7.88. The van der Waals surface area contributed by atoms with Gasteiger partial charge < -0.3 is 25.6 Å². The van der Waals surface area contributed by atoms with Crippen LogP contribution in [0.15, 0.2) is 48.3 Å². The summed E-state index contributed by atoms with van der Waals surface area (Å²) in [6, 6.07) is 4.83. The SMILES string of the molecule is COc1cc(C(N)=O)ccc1Nc1ncc2c(n1)N(C1=CC=C1)CCC(=O)N2C. The van der Waals surface area contributed by atoms with Crippen LogP contribution in [-0.2, 0) is 4.79 Å². The third kappa shape index (κ3) is 3.38. The number of ether oxygens (including phenoxy) is 1. The number of primary amides is 1. The first kappa shape index (κ1) is 18.5. The number of aromatic nitrogens is 2. The fourth-order valence-corrected chi connectivity index (χ4v) is 3.16. The molecule has 29 heavy (non-hydrogen) atoms. The Morgan fingerprint density at radius 3 is 2.79 bits per heavy atom. The third-order valence-corrected chi connectivity index (χ3v) is 4.87. The molecule has 3 N–H and O–H groups in total. The van der Waals surface area contributed by atoms with Crippen molar-refractivity contribution in [3.05, 3.63) is 53.9 Å². The van der Waals surface area contributed by atoms with E-state index in [-0.39, 0.29) is 5.91 Å². The van der Waals surface area contributed by atoms with E-state index in [1.807, 2.05) is 23.1 Å². The van der Waals surface area contributed by atoms with Gasteiger partial charge in [0.05, 0.1) is 19.0 Å². The second-order valence-corrected chi connectivity index (χ2v) is 6.61. The van der Waals surface area contributed by atoms with Crippen LogP contribution >= 0.6 is 0 Å². The number of nitrogens with one attached hydrogen (secondary N) is 1. The highest BCUT2D eigenvalue weighted by Gasteiger charge is 2.28. The highest BCUT2D eigenvalue weighted by atomic mass is 16.5. The number of nitrogens with zero attached hydrogens (tertiary/aromatic N) is 4. The van der Waals surface area contributed by atoms with Crippen molar-refractivity contribution >= 4 is 35.0 Å². The molecular weight excluding hydrogens is 372 g/mol. The minimum atomic E-state index is -0.540. The van der Waals surface area contributed by atoms with E-state index >= 15 is 0 Å².